The van der Waals surface area contributed by atoms with Crippen LogP contribution in [-0.2, 0) is 9.53 Å². The van der Waals surface area contributed by atoms with Gasteiger partial charge in [-0.05, 0) is 57.9 Å². The molecule has 0 N–H and O–H groups in total. The predicted molar refractivity (Wildman–Crippen MR) is 98.3 cm³/mol. The topological polar surface area (TPSA) is 64.4 Å². The Morgan fingerprint density at radius 3 is 2.63 bits per heavy atom. The van der Waals surface area contributed by atoms with E-state index in [9.17, 15) is 14.0 Å². The van der Waals surface area contributed by atoms with Gasteiger partial charge < -0.3 is 9.64 Å². The van der Waals surface area contributed by atoms with E-state index in [1.54, 1.807) is 35.6 Å². The van der Waals surface area contributed by atoms with Crippen molar-refractivity contribution in [2.24, 2.45) is 5.92 Å². The van der Waals surface area contributed by atoms with Crippen LogP contribution in [0.3, 0.4) is 0 Å². The fourth-order valence-corrected chi connectivity index (χ4v) is 3.56. The molecule has 1 aliphatic heterocycles. The summed E-state index contributed by atoms with van der Waals surface area (Å²) in [4.78, 5) is 26.9. The smallest absolute Gasteiger partial charge is 0.310 e. The van der Waals surface area contributed by atoms with Crippen molar-refractivity contribution < 1.29 is 18.7 Å². The van der Waals surface area contributed by atoms with E-state index in [0.717, 1.165) is 12.8 Å². The number of rotatable bonds is 4. The number of carbonyl (C=O) groups excluding carboxylic acids is 2. The third kappa shape index (κ3) is 3.86. The molecule has 7 heteroatoms. The van der Waals surface area contributed by atoms with Crippen molar-refractivity contribution in [3.05, 3.63) is 47.0 Å². The number of esters is 1. The fourth-order valence-electron chi connectivity index (χ4n) is 3.56. The van der Waals surface area contributed by atoms with Gasteiger partial charge in [0.2, 0.25) is 0 Å². The van der Waals surface area contributed by atoms with Gasteiger partial charge in [-0.1, -0.05) is 0 Å². The van der Waals surface area contributed by atoms with Crippen molar-refractivity contribution >= 4 is 11.9 Å². The monoisotopic (exact) mass is 373 g/mol. The molecule has 0 spiro atoms. The number of hydrogen-bond acceptors (Lipinski definition) is 4. The Balaban J connectivity index is 1.84. The van der Waals surface area contributed by atoms with Gasteiger partial charge in [-0.2, -0.15) is 5.10 Å². The van der Waals surface area contributed by atoms with Crippen molar-refractivity contribution in [3.8, 4) is 5.69 Å². The van der Waals surface area contributed by atoms with E-state index in [4.69, 9.17) is 4.74 Å². The molecule has 0 bridgehead atoms. The first kappa shape index (κ1) is 19.1. The number of amides is 1. The lowest BCUT2D eigenvalue weighted by Crippen LogP contribution is -2.43. The number of piperidine rings is 1. The molecule has 1 amide bonds. The molecule has 1 saturated heterocycles. The second-order valence-electron chi connectivity index (χ2n) is 6.78. The van der Waals surface area contributed by atoms with Crippen LogP contribution in [0.5, 0.6) is 0 Å². The quantitative estimate of drug-likeness (QED) is 0.773. The van der Waals surface area contributed by atoms with E-state index in [1.807, 2.05) is 6.92 Å². The number of aromatic nitrogens is 2. The molecule has 27 heavy (non-hydrogen) atoms. The SMILES string of the molecule is CCOC(=O)[C@@H]1CCCN(C(=O)c2c(C)nn(-c3ccc(F)cc3)c2C)C1. The summed E-state index contributed by atoms with van der Waals surface area (Å²) in [5.74, 6) is -0.983. The molecule has 0 unspecified atom stereocenters. The maximum absolute atomic E-state index is 13.2. The van der Waals surface area contributed by atoms with Crippen molar-refractivity contribution in [2.45, 2.75) is 33.6 Å². The number of hydrogen-bond donors (Lipinski definition) is 0. The summed E-state index contributed by atoms with van der Waals surface area (Å²) in [6.07, 6.45) is 1.49. The molecule has 1 aromatic heterocycles. The third-order valence-corrected chi connectivity index (χ3v) is 4.90. The molecule has 3 rings (SSSR count). The number of likely N-dealkylation sites (tertiary alicyclic amines) is 1. The maximum atomic E-state index is 13.2. The normalized spacial score (nSPS) is 17.0. The Morgan fingerprint density at radius 1 is 1.26 bits per heavy atom. The summed E-state index contributed by atoms with van der Waals surface area (Å²) < 4.78 is 19.9. The molecule has 6 nitrogen and oxygen atoms in total. The minimum atomic E-state index is -0.324. The summed E-state index contributed by atoms with van der Waals surface area (Å²) >= 11 is 0. The van der Waals surface area contributed by atoms with Crippen molar-refractivity contribution in [1.29, 1.82) is 0 Å². The molecule has 1 atom stereocenters. The van der Waals surface area contributed by atoms with Gasteiger partial charge in [-0.15, -0.1) is 0 Å². The number of nitrogens with zero attached hydrogens (tertiary/aromatic N) is 3. The molecule has 2 heterocycles. The number of ether oxygens (including phenoxy) is 1. The summed E-state index contributed by atoms with van der Waals surface area (Å²) in [5.41, 5.74) is 2.53. The van der Waals surface area contributed by atoms with Crippen LogP contribution in [0.4, 0.5) is 4.39 Å². The van der Waals surface area contributed by atoms with Gasteiger partial charge >= 0.3 is 5.97 Å². The minimum Gasteiger partial charge on any atom is -0.466 e. The van der Waals surface area contributed by atoms with E-state index in [0.29, 0.717) is 42.3 Å². The van der Waals surface area contributed by atoms with Crippen molar-refractivity contribution in [2.75, 3.05) is 19.7 Å². The average molecular weight is 373 g/mol. The molecule has 2 aromatic rings. The first-order valence-corrected chi connectivity index (χ1v) is 9.20. The Hall–Kier alpha value is -2.70. The summed E-state index contributed by atoms with van der Waals surface area (Å²) in [6, 6.07) is 5.98. The van der Waals surface area contributed by atoms with Gasteiger partial charge in [0.05, 0.1) is 35.2 Å². The largest absolute Gasteiger partial charge is 0.466 e. The van der Waals surface area contributed by atoms with Crippen LogP contribution in [0.25, 0.3) is 5.69 Å². The fraction of sp³-hybridized carbons (Fsp3) is 0.450. The third-order valence-electron chi connectivity index (χ3n) is 4.90. The maximum Gasteiger partial charge on any atom is 0.310 e. The molecular weight excluding hydrogens is 349 g/mol. The molecule has 1 aliphatic rings. The van der Waals surface area contributed by atoms with Crippen molar-refractivity contribution in [3.63, 3.8) is 0 Å². The second kappa shape index (κ2) is 7.90. The lowest BCUT2D eigenvalue weighted by atomic mass is 9.97. The van der Waals surface area contributed by atoms with E-state index < -0.39 is 0 Å². The van der Waals surface area contributed by atoms with E-state index in [2.05, 4.69) is 5.10 Å². The molecular formula is C20H24FN3O3. The molecule has 1 aromatic carbocycles. The zero-order chi connectivity index (χ0) is 19.6. The van der Waals surface area contributed by atoms with E-state index in [1.165, 1.54) is 12.1 Å². The number of carbonyl (C=O) groups is 2. The van der Waals surface area contributed by atoms with E-state index in [-0.39, 0.29) is 23.6 Å². The molecule has 144 valence electrons. The van der Waals surface area contributed by atoms with Crippen LogP contribution in [0.15, 0.2) is 24.3 Å². The van der Waals surface area contributed by atoms with Gasteiger partial charge in [0.25, 0.3) is 5.91 Å². The van der Waals surface area contributed by atoms with Crippen LogP contribution >= 0.6 is 0 Å². The standard InChI is InChI=1S/C20H24FN3O3/c1-4-27-20(26)15-6-5-11-23(12-15)19(25)18-13(2)22-24(14(18)3)17-9-7-16(21)8-10-17/h7-10,15H,4-6,11-12H2,1-3H3/t15-/m1/s1. The highest BCUT2D eigenvalue weighted by molar-refractivity contribution is 5.97. The lowest BCUT2D eigenvalue weighted by molar-refractivity contribution is -0.149. The Morgan fingerprint density at radius 2 is 1.96 bits per heavy atom. The van der Waals surface area contributed by atoms with Crippen LogP contribution in [0.2, 0.25) is 0 Å². The van der Waals surface area contributed by atoms with Gasteiger partial charge in [0, 0.05) is 13.1 Å². The Labute approximate surface area is 157 Å². The van der Waals surface area contributed by atoms with Gasteiger partial charge in [0.1, 0.15) is 5.82 Å². The molecule has 0 saturated carbocycles. The predicted octanol–water partition coefficient (Wildman–Crippen LogP) is 3.04. The first-order chi connectivity index (χ1) is 12.9. The van der Waals surface area contributed by atoms with Gasteiger partial charge in [-0.3, -0.25) is 9.59 Å². The molecule has 0 aliphatic carbocycles. The number of aryl methyl sites for hydroxylation is 1. The highest BCUT2D eigenvalue weighted by Gasteiger charge is 2.32. The summed E-state index contributed by atoms with van der Waals surface area (Å²) in [6.45, 7) is 6.69. The van der Waals surface area contributed by atoms with Crippen LogP contribution in [0, 0.1) is 25.6 Å². The first-order valence-electron chi connectivity index (χ1n) is 9.20. The average Bonchev–Trinajstić information content (AvgIpc) is 2.96. The molecule has 1 fully saturated rings. The number of halogens is 1. The minimum absolute atomic E-state index is 0.132. The zero-order valence-corrected chi connectivity index (χ0v) is 15.9. The van der Waals surface area contributed by atoms with Crippen LogP contribution < -0.4 is 0 Å². The summed E-state index contributed by atoms with van der Waals surface area (Å²) in [7, 11) is 0. The van der Waals surface area contributed by atoms with Crippen molar-refractivity contribution in [1.82, 2.24) is 14.7 Å². The van der Waals surface area contributed by atoms with E-state index >= 15 is 0 Å². The number of benzene rings is 1. The highest BCUT2D eigenvalue weighted by atomic mass is 19.1. The highest BCUT2D eigenvalue weighted by Crippen LogP contribution is 2.24. The van der Waals surface area contributed by atoms with Gasteiger partial charge in [-0.25, -0.2) is 9.07 Å². The zero-order valence-electron chi connectivity index (χ0n) is 15.9. The lowest BCUT2D eigenvalue weighted by Gasteiger charge is -2.31. The Bertz CT molecular complexity index is 845. The van der Waals surface area contributed by atoms with Crippen LogP contribution in [0.1, 0.15) is 41.5 Å². The van der Waals surface area contributed by atoms with Crippen LogP contribution in [-0.4, -0.2) is 46.3 Å². The second-order valence-corrected chi connectivity index (χ2v) is 6.78. The Kier molecular flexibility index (Phi) is 5.58. The molecule has 0 radical (unpaired) electrons. The summed E-state index contributed by atoms with van der Waals surface area (Å²) in [5, 5.41) is 4.46. The van der Waals surface area contributed by atoms with Gasteiger partial charge in [0.15, 0.2) is 0 Å².